The van der Waals surface area contributed by atoms with E-state index in [2.05, 4.69) is 55.6 Å². The minimum absolute atomic E-state index is 0.0629. The Bertz CT molecular complexity index is 1430. The Morgan fingerprint density at radius 3 is 1.05 bits per heavy atom. The van der Waals surface area contributed by atoms with Crippen LogP contribution in [0.15, 0.2) is 48.6 Å². The Hall–Kier alpha value is -1.54. The smallest absolute Gasteiger partial charge is 0.387 e. The maximum Gasteiger partial charge on any atom is 0.472 e. The summed E-state index contributed by atoms with van der Waals surface area (Å²) >= 11 is 0. The van der Waals surface area contributed by atoms with Gasteiger partial charge in [0.2, 0.25) is 5.91 Å². The lowest BCUT2D eigenvalue weighted by atomic mass is 10.0. The molecule has 3 atom stereocenters. The largest absolute Gasteiger partial charge is 0.472 e. The first kappa shape index (κ1) is 77.5. The molecule has 0 saturated carbocycles. The fraction of sp³-hybridized carbons (Fsp3) is 0.871. The van der Waals surface area contributed by atoms with Gasteiger partial charge in [-0.2, -0.15) is 0 Å². The predicted molar refractivity (Wildman–Crippen MR) is 346 cm³/mol. The molecule has 0 radical (unpaired) electrons. The van der Waals surface area contributed by atoms with Gasteiger partial charge in [0.05, 0.1) is 39.9 Å². The molecule has 8 nitrogen and oxygen atoms in total. The summed E-state index contributed by atoms with van der Waals surface area (Å²) in [5.74, 6) is -0.171. The summed E-state index contributed by atoms with van der Waals surface area (Å²) in [7, 11) is 1.59. The van der Waals surface area contributed by atoms with Gasteiger partial charge < -0.3 is 19.8 Å². The Kier molecular flexibility index (Phi) is 59.8. The van der Waals surface area contributed by atoms with Crippen molar-refractivity contribution in [2.45, 2.75) is 353 Å². The number of nitrogens with one attached hydrogen (secondary N) is 1. The molecule has 0 aliphatic rings. The van der Waals surface area contributed by atoms with Crippen LogP contribution in [0.4, 0.5) is 0 Å². The number of phosphoric ester groups is 1. The van der Waals surface area contributed by atoms with E-state index in [1.807, 2.05) is 27.2 Å². The number of allylic oxidation sites excluding steroid dienone is 7. The zero-order chi connectivity index (χ0) is 57.7. The number of likely N-dealkylation sites (N-methyl/N-ethyl adjacent to an activating group) is 1. The second kappa shape index (κ2) is 61.0. The number of nitrogens with zero attached hydrogens (tertiary/aromatic N) is 1. The Morgan fingerprint density at radius 2 is 0.722 bits per heavy atom. The average Bonchev–Trinajstić information content (AvgIpc) is 3.42. The van der Waals surface area contributed by atoms with Gasteiger partial charge in [0, 0.05) is 6.42 Å². The quantitative estimate of drug-likeness (QED) is 0.0243. The molecule has 0 heterocycles. The van der Waals surface area contributed by atoms with Crippen LogP contribution < -0.4 is 5.32 Å². The van der Waals surface area contributed by atoms with Crippen LogP contribution in [-0.4, -0.2) is 73.4 Å². The summed E-state index contributed by atoms with van der Waals surface area (Å²) in [6, 6.07) is -0.847. The van der Waals surface area contributed by atoms with E-state index < -0.39 is 20.0 Å². The monoisotopic (exact) mass is 1130 g/mol. The van der Waals surface area contributed by atoms with Crippen molar-refractivity contribution in [3.63, 3.8) is 0 Å². The average molecular weight is 1130 g/mol. The molecule has 0 aromatic rings. The van der Waals surface area contributed by atoms with Crippen LogP contribution in [0.5, 0.6) is 0 Å². The van der Waals surface area contributed by atoms with Gasteiger partial charge in [-0.3, -0.25) is 13.8 Å². The van der Waals surface area contributed by atoms with E-state index in [-0.39, 0.29) is 19.1 Å². The molecule has 0 spiro atoms. The summed E-state index contributed by atoms with van der Waals surface area (Å²) in [5.41, 5.74) is 0. The summed E-state index contributed by atoms with van der Waals surface area (Å²) in [5, 5.41) is 14.0. The third-order valence-electron chi connectivity index (χ3n) is 15.8. The van der Waals surface area contributed by atoms with E-state index >= 15 is 0 Å². The molecule has 0 bridgehead atoms. The van der Waals surface area contributed by atoms with Crippen molar-refractivity contribution in [1.29, 1.82) is 0 Å². The maximum absolute atomic E-state index is 13.0. The topological polar surface area (TPSA) is 105 Å². The van der Waals surface area contributed by atoms with Crippen molar-refractivity contribution < 1.29 is 32.9 Å². The van der Waals surface area contributed by atoms with Gasteiger partial charge in [0.1, 0.15) is 13.2 Å². The van der Waals surface area contributed by atoms with Crippen LogP contribution >= 0.6 is 7.82 Å². The molecular formula is C70H136N2O6P+. The molecule has 466 valence electrons. The summed E-state index contributed by atoms with van der Waals surface area (Å²) in [4.78, 5) is 23.4. The Labute approximate surface area is 492 Å². The zero-order valence-electron chi connectivity index (χ0n) is 53.4. The van der Waals surface area contributed by atoms with Gasteiger partial charge in [-0.1, -0.05) is 326 Å². The van der Waals surface area contributed by atoms with Crippen LogP contribution in [0.2, 0.25) is 0 Å². The van der Waals surface area contributed by atoms with Gasteiger partial charge in [0.15, 0.2) is 0 Å². The molecule has 0 saturated heterocycles. The standard InChI is InChI=1S/C70H135N2O6P/c1-6-8-10-12-14-16-18-20-22-24-26-28-30-31-32-33-34-35-36-37-38-39-40-41-42-44-46-48-50-52-54-56-58-60-62-64-70(74)71-68(67-78-79(75,76)77-66-65-72(3,4)5)69(73)63-61-59-57-55-53-51-49-47-45-43-29-27-25-23-21-19-17-15-13-11-9-7-2/h18,20,24,26,30-31,61,63,68-69,73H,6-17,19,21-23,25,27-29,32-60,62,64-67H2,1-5H3,(H-,71,74,75,76)/p+1/b20-18-,26-24-,31-30-,63-61+. The Balaban J connectivity index is 4.02. The minimum Gasteiger partial charge on any atom is -0.387 e. The molecule has 0 rings (SSSR count). The van der Waals surface area contributed by atoms with Gasteiger partial charge in [-0.25, -0.2) is 4.57 Å². The lowest BCUT2D eigenvalue weighted by Crippen LogP contribution is -2.45. The van der Waals surface area contributed by atoms with Gasteiger partial charge in [-0.15, -0.1) is 0 Å². The van der Waals surface area contributed by atoms with E-state index in [4.69, 9.17) is 9.05 Å². The van der Waals surface area contributed by atoms with E-state index in [0.29, 0.717) is 17.4 Å². The fourth-order valence-electron chi connectivity index (χ4n) is 10.4. The van der Waals surface area contributed by atoms with Crippen LogP contribution in [-0.2, 0) is 18.4 Å². The van der Waals surface area contributed by atoms with Gasteiger partial charge in [0.25, 0.3) is 0 Å². The van der Waals surface area contributed by atoms with E-state index in [1.165, 1.54) is 270 Å². The number of aliphatic hydroxyl groups excluding tert-OH is 1. The second-order valence-electron chi connectivity index (χ2n) is 24.9. The number of unbranched alkanes of at least 4 members (excludes halogenated alkanes) is 45. The van der Waals surface area contributed by atoms with Crippen LogP contribution in [0, 0.1) is 0 Å². The van der Waals surface area contributed by atoms with E-state index in [0.717, 1.165) is 51.4 Å². The number of quaternary nitrogens is 1. The Morgan fingerprint density at radius 1 is 0.430 bits per heavy atom. The lowest BCUT2D eigenvalue weighted by molar-refractivity contribution is -0.870. The summed E-state index contributed by atoms with van der Waals surface area (Å²) < 4.78 is 23.8. The van der Waals surface area contributed by atoms with Crippen molar-refractivity contribution in [2.24, 2.45) is 0 Å². The first-order chi connectivity index (χ1) is 38.5. The highest BCUT2D eigenvalue weighted by Crippen LogP contribution is 2.43. The third kappa shape index (κ3) is 63.9. The summed E-state index contributed by atoms with van der Waals surface area (Å²) in [6.45, 7) is 4.85. The number of rotatable bonds is 64. The summed E-state index contributed by atoms with van der Waals surface area (Å²) in [6.07, 6.45) is 82.5. The van der Waals surface area contributed by atoms with Gasteiger partial charge in [-0.05, 0) is 57.8 Å². The molecule has 0 fully saturated rings. The molecule has 0 aliphatic heterocycles. The van der Waals surface area contributed by atoms with Crippen LogP contribution in [0.1, 0.15) is 341 Å². The van der Waals surface area contributed by atoms with Crippen molar-refractivity contribution in [1.82, 2.24) is 5.32 Å². The zero-order valence-corrected chi connectivity index (χ0v) is 54.3. The number of carbonyl (C=O) groups is 1. The highest BCUT2D eigenvalue weighted by atomic mass is 31.2. The molecule has 0 aliphatic carbocycles. The molecule has 0 aromatic heterocycles. The molecule has 9 heteroatoms. The number of carbonyl (C=O) groups excluding carboxylic acids is 1. The highest BCUT2D eigenvalue weighted by molar-refractivity contribution is 7.47. The van der Waals surface area contributed by atoms with E-state index in [1.54, 1.807) is 6.08 Å². The van der Waals surface area contributed by atoms with Crippen LogP contribution in [0.3, 0.4) is 0 Å². The van der Waals surface area contributed by atoms with Crippen molar-refractivity contribution in [3.05, 3.63) is 48.6 Å². The molecule has 3 unspecified atom stereocenters. The number of aliphatic hydroxyl groups is 1. The molecule has 79 heavy (non-hydrogen) atoms. The number of hydrogen-bond donors (Lipinski definition) is 3. The highest BCUT2D eigenvalue weighted by Gasteiger charge is 2.28. The third-order valence-corrected chi connectivity index (χ3v) is 16.8. The van der Waals surface area contributed by atoms with Gasteiger partial charge >= 0.3 is 7.82 Å². The maximum atomic E-state index is 13.0. The van der Waals surface area contributed by atoms with Crippen molar-refractivity contribution >= 4 is 13.7 Å². The first-order valence-corrected chi connectivity index (χ1v) is 36.0. The molecule has 1 amide bonds. The normalized spacial score (nSPS) is 14.0. The first-order valence-electron chi connectivity index (χ1n) is 34.5. The van der Waals surface area contributed by atoms with Crippen LogP contribution in [0.25, 0.3) is 0 Å². The lowest BCUT2D eigenvalue weighted by Gasteiger charge is -2.25. The second-order valence-corrected chi connectivity index (χ2v) is 26.4. The number of phosphoric acid groups is 1. The molecule has 3 N–H and O–H groups in total. The number of amides is 1. The SMILES string of the molecule is CCCCCCC/C=C\C/C=C\C/C=C\CCCCCCCCCCCCCCCCCCCCCCC(=O)NC(COP(=O)(O)OCC[N+](C)(C)C)C(O)/C=C/CCCCCCCCCCCCCCCCCCCCCC. The van der Waals surface area contributed by atoms with Crippen molar-refractivity contribution in [2.75, 3.05) is 40.9 Å². The fourth-order valence-corrected chi connectivity index (χ4v) is 11.1. The molecular weight excluding hydrogens is 996 g/mol. The van der Waals surface area contributed by atoms with Crippen molar-refractivity contribution in [3.8, 4) is 0 Å². The minimum atomic E-state index is -4.35. The number of hydrogen-bond acceptors (Lipinski definition) is 5. The van der Waals surface area contributed by atoms with E-state index in [9.17, 15) is 19.4 Å². The predicted octanol–water partition coefficient (Wildman–Crippen LogP) is 21.8. The molecule has 0 aromatic carbocycles.